The van der Waals surface area contributed by atoms with E-state index in [1.54, 1.807) is 18.2 Å². The van der Waals surface area contributed by atoms with E-state index in [2.05, 4.69) is 9.88 Å². The summed E-state index contributed by atoms with van der Waals surface area (Å²) in [4.78, 5) is 32.3. The third-order valence-electron chi connectivity index (χ3n) is 7.44. The van der Waals surface area contributed by atoms with E-state index in [9.17, 15) is 14.7 Å². The molecule has 5 heterocycles. The van der Waals surface area contributed by atoms with E-state index in [1.165, 1.54) is 11.3 Å². The van der Waals surface area contributed by atoms with Gasteiger partial charge in [0.05, 0.1) is 21.3 Å². The van der Waals surface area contributed by atoms with Crippen LogP contribution in [0.15, 0.2) is 74.7 Å². The zero-order valence-corrected chi connectivity index (χ0v) is 20.2. The number of para-hydroxylation sites is 1. The first-order valence-electron chi connectivity index (χ1n) is 12.1. The van der Waals surface area contributed by atoms with Gasteiger partial charge < -0.3 is 14.1 Å². The Morgan fingerprint density at radius 2 is 1.92 bits per heavy atom. The number of hydrogen-bond acceptors (Lipinski definition) is 7. The van der Waals surface area contributed by atoms with Crippen molar-refractivity contribution in [1.29, 1.82) is 0 Å². The van der Waals surface area contributed by atoms with Crippen LogP contribution in [-0.2, 0) is 13.1 Å². The Kier molecular flexibility index (Phi) is 4.87. The van der Waals surface area contributed by atoms with Crippen molar-refractivity contribution in [1.82, 2.24) is 14.5 Å². The summed E-state index contributed by atoms with van der Waals surface area (Å²) in [6, 6.07) is 18.6. The molecule has 2 aliphatic rings. The average Bonchev–Trinajstić information content (AvgIpc) is 3.30. The van der Waals surface area contributed by atoms with Crippen LogP contribution in [0.3, 0.4) is 0 Å². The number of aromatic hydroxyl groups is 1. The number of nitrogens with zero attached hydrogens (tertiary/aromatic N) is 3. The second-order valence-corrected chi connectivity index (χ2v) is 10.8. The van der Waals surface area contributed by atoms with Crippen molar-refractivity contribution in [2.45, 2.75) is 25.4 Å². The molecule has 8 heteroatoms. The normalized spacial score (nSPS) is 19.6. The number of benzene rings is 2. The number of thiazole rings is 1. The summed E-state index contributed by atoms with van der Waals surface area (Å²) in [5.41, 5.74) is 2.99. The number of piperidine rings is 1. The van der Waals surface area contributed by atoms with E-state index < -0.39 is 5.63 Å². The summed E-state index contributed by atoms with van der Waals surface area (Å²) in [5.74, 6) is 0.748. The lowest BCUT2D eigenvalue weighted by molar-refractivity contribution is 0.113. The number of fused-ring (bicyclic) bond motifs is 6. The van der Waals surface area contributed by atoms with Crippen LogP contribution in [0.25, 0.3) is 31.8 Å². The van der Waals surface area contributed by atoms with E-state index in [0.29, 0.717) is 40.7 Å². The van der Waals surface area contributed by atoms with Gasteiger partial charge in [0.15, 0.2) is 0 Å². The van der Waals surface area contributed by atoms with Crippen LogP contribution in [-0.4, -0.2) is 32.6 Å². The van der Waals surface area contributed by atoms with Gasteiger partial charge in [-0.05, 0) is 48.7 Å². The van der Waals surface area contributed by atoms with Gasteiger partial charge in [-0.15, -0.1) is 11.3 Å². The van der Waals surface area contributed by atoms with E-state index >= 15 is 0 Å². The molecule has 2 bridgehead atoms. The number of pyridine rings is 1. The van der Waals surface area contributed by atoms with E-state index in [4.69, 9.17) is 4.42 Å². The molecule has 1 fully saturated rings. The number of phenolic OH excluding ortho intramolecular Hbond substituents is 1. The number of phenols is 1. The van der Waals surface area contributed by atoms with Gasteiger partial charge in [0.2, 0.25) is 0 Å². The predicted octanol–water partition coefficient (Wildman–Crippen LogP) is 4.56. The van der Waals surface area contributed by atoms with Crippen LogP contribution >= 0.6 is 11.3 Å². The molecule has 0 spiro atoms. The topological polar surface area (TPSA) is 88.6 Å². The molecule has 0 amide bonds. The summed E-state index contributed by atoms with van der Waals surface area (Å²) < 4.78 is 8.76. The van der Waals surface area contributed by atoms with Crippen molar-refractivity contribution in [3.63, 3.8) is 0 Å². The van der Waals surface area contributed by atoms with Crippen LogP contribution < -0.4 is 11.2 Å². The molecule has 1 saturated heterocycles. The molecular weight excluding hydrogens is 474 g/mol. The Bertz CT molecular complexity index is 1740. The molecule has 1 N–H and O–H groups in total. The molecule has 2 atom stereocenters. The minimum Gasteiger partial charge on any atom is -0.507 e. The summed E-state index contributed by atoms with van der Waals surface area (Å²) >= 11 is 1.46. The fourth-order valence-electron chi connectivity index (χ4n) is 5.87. The monoisotopic (exact) mass is 497 g/mol. The number of rotatable bonds is 3. The predicted molar refractivity (Wildman–Crippen MR) is 140 cm³/mol. The van der Waals surface area contributed by atoms with Crippen LogP contribution in [0.2, 0.25) is 0 Å². The molecule has 5 aromatic rings. The maximum absolute atomic E-state index is 13.1. The van der Waals surface area contributed by atoms with Gasteiger partial charge in [0.1, 0.15) is 16.3 Å². The van der Waals surface area contributed by atoms with Crippen LogP contribution in [0.1, 0.15) is 23.6 Å². The highest BCUT2D eigenvalue weighted by molar-refractivity contribution is 7.21. The number of aromatic nitrogens is 2. The van der Waals surface area contributed by atoms with Gasteiger partial charge in [-0.1, -0.05) is 18.2 Å². The van der Waals surface area contributed by atoms with Gasteiger partial charge in [0.25, 0.3) is 5.56 Å². The lowest BCUT2D eigenvalue weighted by Crippen LogP contribution is -2.46. The third-order valence-corrected chi connectivity index (χ3v) is 8.51. The Hall–Kier alpha value is -3.75. The molecule has 180 valence electrons. The summed E-state index contributed by atoms with van der Waals surface area (Å²) in [5, 5.41) is 12.1. The second kappa shape index (κ2) is 8.15. The van der Waals surface area contributed by atoms with Crippen LogP contribution in [0.5, 0.6) is 5.75 Å². The fourth-order valence-corrected chi connectivity index (χ4v) is 6.84. The Morgan fingerprint density at radius 1 is 1.03 bits per heavy atom. The molecule has 36 heavy (non-hydrogen) atoms. The van der Waals surface area contributed by atoms with E-state index in [0.717, 1.165) is 40.8 Å². The number of likely N-dealkylation sites (tertiary alicyclic amines) is 1. The maximum Gasteiger partial charge on any atom is 0.346 e. The third kappa shape index (κ3) is 3.48. The molecule has 7 rings (SSSR count). The zero-order valence-electron chi connectivity index (χ0n) is 19.4. The molecule has 0 radical (unpaired) electrons. The van der Waals surface area contributed by atoms with Crippen LogP contribution in [0.4, 0.5) is 0 Å². The Labute approximate surface area is 209 Å². The first-order chi connectivity index (χ1) is 17.5. The highest BCUT2D eigenvalue weighted by atomic mass is 32.1. The first-order valence-corrected chi connectivity index (χ1v) is 12.9. The van der Waals surface area contributed by atoms with Crippen molar-refractivity contribution < 1.29 is 9.52 Å². The van der Waals surface area contributed by atoms with Crippen molar-refractivity contribution in [2.24, 2.45) is 5.92 Å². The van der Waals surface area contributed by atoms with Gasteiger partial charge in [0, 0.05) is 49.2 Å². The first kappa shape index (κ1) is 21.5. The van der Waals surface area contributed by atoms with E-state index in [-0.39, 0.29) is 17.2 Å². The number of hydrogen-bond donors (Lipinski definition) is 1. The highest BCUT2D eigenvalue weighted by Gasteiger charge is 2.35. The standard InChI is InChI=1S/C28H23N3O4S/c32-23-9-8-17-11-19(27-29-21-4-1-2-6-24(21)36-27)28(34)35-26(17)20(23)15-30-12-16-10-18(14-30)22-5-3-7-25(33)31(22)13-16/h1-9,11,16,18,32H,10,12-15H2/t16-,18-/m0/s1. The minimum absolute atomic E-state index is 0.0630. The highest BCUT2D eigenvalue weighted by Crippen LogP contribution is 2.38. The fraction of sp³-hybridized carbons (Fsp3) is 0.250. The summed E-state index contributed by atoms with van der Waals surface area (Å²) in [6.07, 6.45) is 1.06. The minimum atomic E-state index is -0.461. The van der Waals surface area contributed by atoms with Crippen LogP contribution in [0, 0.1) is 5.92 Å². The van der Waals surface area contributed by atoms with E-state index in [1.807, 2.05) is 47.0 Å². The molecule has 0 saturated carbocycles. The summed E-state index contributed by atoms with van der Waals surface area (Å²) in [7, 11) is 0. The van der Waals surface area contributed by atoms with Crippen molar-refractivity contribution in [3.05, 3.63) is 92.7 Å². The molecule has 7 nitrogen and oxygen atoms in total. The second-order valence-electron chi connectivity index (χ2n) is 9.81. The maximum atomic E-state index is 13.1. The molecule has 2 aromatic carbocycles. The molecular formula is C28H23N3O4S. The van der Waals surface area contributed by atoms with Gasteiger partial charge >= 0.3 is 5.63 Å². The van der Waals surface area contributed by atoms with Gasteiger partial charge in [-0.2, -0.15) is 0 Å². The summed E-state index contributed by atoms with van der Waals surface area (Å²) in [6.45, 7) is 2.78. The SMILES string of the molecule is O=c1oc2c(CN3C[C@@H]4C[C@@H](C3)c3cccc(=O)n3C4)c(O)ccc2cc1-c1nc2ccccc2s1. The average molecular weight is 498 g/mol. The van der Waals surface area contributed by atoms with Crippen molar-refractivity contribution in [3.8, 4) is 16.3 Å². The molecule has 2 aliphatic heterocycles. The smallest absolute Gasteiger partial charge is 0.346 e. The lowest BCUT2D eigenvalue weighted by atomic mass is 9.83. The van der Waals surface area contributed by atoms with Crippen molar-refractivity contribution in [2.75, 3.05) is 13.1 Å². The zero-order chi connectivity index (χ0) is 24.4. The Balaban J connectivity index is 1.24. The van der Waals surface area contributed by atoms with Crippen molar-refractivity contribution >= 4 is 32.5 Å². The molecule has 0 unspecified atom stereocenters. The quantitative estimate of drug-likeness (QED) is 0.368. The van der Waals surface area contributed by atoms with Gasteiger partial charge in [-0.3, -0.25) is 9.69 Å². The Morgan fingerprint density at radius 3 is 2.81 bits per heavy atom. The lowest BCUT2D eigenvalue weighted by Gasteiger charge is -2.42. The molecule has 0 aliphatic carbocycles. The molecule has 3 aromatic heterocycles. The largest absolute Gasteiger partial charge is 0.507 e. The van der Waals surface area contributed by atoms with Gasteiger partial charge in [-0.25, -0.2) is 9.78 Å².